The van der Waals surface area contributed by atoms with Crippen LogP contribution in [0.15, 0.2) is 0 Å². The van der Waals surface area contributed by atoms with E-state index in [9.17, 15) is 14.4 Å². The number of hydrogen-bond acceptors (Lipinski definition) is 5. The minimum atomic E-state index is -1.10. The molecule has 0 aromatic carbocycles. The highest BCUT2D eigenvalue weighted by atomic mass is 17.2. The second-order valence-corrected chi connectivity index (χ2v) is 10.8. The molecule has 1 unspecified atom stereocenters. The Kier molecular flexibility index (Phi) is 7.11. The lowest BCUT2D eigenvalue weighted by Crippen LogP contribution is -2.60. The van der Waals surface area contributed by atoms with Crippen LogP contribution in [-0.4, -0.2) is 33.8 Å². The molecular weight excluding hydrogens is 334 g/mol. The molecule has 0 fully saturated rings. The van der Waals surface area contributed by atoms with Gasteiger partial charge in [-0.1, -0.05) is 20.8 Å². The van der Waals surface area contributed by atoms with E-state index in [0.717, 1.165) is 0 Å². The van der Waals surface area contributed by atoms with Crippen LogP contribution >= 0.6 is 0 Å². The fourth-order valence-electron chi connectivity index (χ4n) is 2.87. The maximum absolute atomic E-state index is 13.4. The molecule has 0 aromatic heterocycles. The third-order valence-corrected chi connectivity index (χ3v) is 3.72. The molecule has 0 aliphatic heterocycles. The fourth-order valence-corrected chi connectivity index (χ4v) is 2.87. The lowest BCUT2D eigenvalue weighted by Gasteiger charge is -2.47. The van der Waals surface area contributed by atoms with Crippen LogP contribution in [0.2, 0.25) is 0 Å². The highest BCUT2D eigenvalue weighted by molar-refractivity contribution is 5.99. The van der Waals surface area contributed by atoms with E-state index < -0.39 is 39.8 Å². The minimum Gasteiger partial charge on any atom is -0.332 e. The summed E-state index contributed by atoms with van der Waals surface area (Å²) in [6, 6.07) is 0. The van der Waals surface area contributed by atoms with Crippen LogP contribution in [0.1, 0.15) is 83.1 Å². The lowest BCUT2D eigenvalue weighted by atomic mass is 9.78. The highest BCUT2D eigenvalue weighted by Crippen LogP contribution is 2.35. The molecule has 0 rings (SSSR count). The number of hydrogen-bond donors (Lipinski definition) is 0. The second kappa shape index (κ2) is 7.57. The Morgan fingerprint density at radius 3 is 1.35 bits per heavy atom. The first-order valence-electron chi connectivity index (χ1n) is 8.97. The van der Waals surface area contributed by atoms with E-state index in [1.807, 2.05) is 41.5 Å². The smallest absolute Gasteiger partial charge is 0.332 e. The summed E-state index contributed by atoms with van der Waals surface area (Å²) in [6.07, 6.45) is 0. The molecule has 0 saturated carbocycles. The SMILES string of the molecule is CC(C)(C)C(=O)OOC(=O)C(C(=O)N(C(C)(C)C)C(C)(C)C)C(C)(C)C. The Morgan fingerprint density at radius 1 is 0.692 bits per heavy atom. The summed E-state index contributed by atoms with van der Waals surface area (Å²) >= 11 is 0. The number of carbonyl (C=O) groups excluding carboxylic acids is 3. The van der Waals surface area contributed by atoms with Gasteiger partial charge in [-0.05, 0) is 67.7 Å². The predicted molar refractivity (Wildman–Crippen MR) is 101 cm³/mol. The maximum atomic E-state index is 13.4. The van der Waals surface area contributed by atoms with Crippen LogP contribution < -0.4 is 0 Å². The van der Waals surface area contributed by atoms with Gasteiger partial charge in [-0.25, -0.2) is 19.4 Å². The molecule has 26 heavy (non-hydrogen) atoms. The Labute approximate surface area is 158 Å². The predicted octanol–water partition coefficient (Wildman–Crippen LogP) is 4.12. The second-order valence-electron chi connectivity index (χ2n) is 10.8. The molecule has 0 heterocycles. The van der Waals surface area contributed by atoms with E-state index >= 15 is 0 Å². The molecular formula is C20H37NO5. The van der Waals surface area contributed by atoms with Crippen molar-refractivity contribution in [2.75, 3.05) is 0 Å². The molecule has 1 atom stereocenters. The summed E-state index contributed by atoms with van der Waals surface area (Å²) in [5.74, 6) is -2.99. The van der Waals surface area contributed by atoms with E-state index in [4.69, 9.17) is 4.89 Å². The summed E-state index contributed by atoms with van der Waals surface area (Å²) in [4.78, 5) is 49.0. The molecule has 0 aliphatic rings. The first-order chi connectivity index (χ1) is 11.2. The molecule has 0 saturated heterocycles. The molecule has 0 N–H and O–H groups in total. The molecule has 6 heteroatoms. The van der Waals surface area contributed by atoms with Crippen molar-refractivity contribution in [3.63, 3.8) is 0 Å². The molecule has 0 aromatic rings. The summed E-state index contributed by atoms with van der Waals surface area (Å²) in [6.45, 7) is 21.8. The minimum absolute atomic E-state index is 0.352. The van der Waals surface area contributed by atoms with Crippen LogP contribution in [0, 0.1) is 16.7 Å². The summed E-state index contributed by atoms with van der Waals surface area (Å²) in [5.41, 5.74) is -2.52. The van der Waals surface area contributed by atoms with Crippen molar-refractivity contribution in [3.8, 4) is 0 Å². The average molecular weight is 372 g/mol. The van der Waals surface area contributed by atoms with Crippen LogP contribution in [0.3, 0.4) is 0 Å². The Hall–Kier alpha value is -1.59. The van der Waals surface area contributed by atoms with E-state index in [2.05, 4.69) is 4.89 Å². The third-order valence-electron chi connectivity index (χ3n) is 3.72. The molecule has 0 radical (unpaired) electrons. The maximum Gasteiger partial charge on any atom is 0.368 e. The van der Waals surface area contributed by atoms with E-state index in [0.29, 0.717) is 0 Å². The van der Waals surface area contributed by atoms with Crippen molar-refractivity contribution in [3.05, 3.63) is 0 Å². The summed E-state index contributed by atoms with van der Waals surface area (Å²) in [5, 5.41) is 0. The van der Waals surface area contributed by atoms with Gasteiger partial charge in [-0.2, -0.15) is 0 Å². The largest absolute Gasteiger partial charge is 0.368 e. The van der Waals surface area contributed by atoms with Crippen LogP contribution in [0.5, 0.6) is 0 Å². The van der Waals surface area contributed by atoms with Gasteiger partial charge in [0.05, 0.1) is 5.41 Å². The molecule has 152 valence electrons. The van der Waals surface area contributed by atoms with Gasteiger partial charge in [0.1, 0.15) is 5.92 Å². The van der Waals surface area contributed by atoms with Gasteiger partial charge >= 0.3 is 11.9 Å². The van der Waals surface area contributed by atoms with Crippen LogP contribution in [-0.2, 0) is 24.2 Å². The van der Waals surface area contributed by atoms with Gasteiger partial charge < -0.3 is 4.90 Å². The normalized spacial score (nSPS) is 14.5. The highest BCUT2D eigenvalue weighted by Gasteiger charge is 2.47. The number of amides is 1. The van der Waals surface area contributed by atoms with Crippen molar-refractivity contribution in [1.82, 2.24) is 4.90 Å². The van der Waals surface area contributed by atoms with Crippen molar-refractivity contribution < 1.29 is 24.2 Å². The first kappa shape index (κ1) is 24.4. The molecule has 1 amide bonds. The molecule has 0 bridgehead atoms. The molecule has 0 spiro atoms. The monoisotopic (exact) mass is 371 g/mol. The van der Waals surface area contributed by atoms with Crippen LogP contribution in [0.25, 0.3) is 0 Å². The van der Waals surface area contributed by atoms with E-state index in [-0.39, 0.29) is 5.91 Å². The summed E-state index contributed by atoms with van der Waals surface area (Å²) in [7, 11) is 0. The van der Waals surface area contributed by atoms with Crippen molar-refractivity contribution in [2.24, 2.45) is 16.7 Å². The van der Waals surface area contributed by atoms with Gasteiger partial charge in [0.2, 0.25) is 5.91 Å². The van der Waals surface area contributed by atoms with Crippen LogP contribution in [0.4, 0.5) is 0 Å². The standard InChI is InChI=1S/C20H37NO5/c1-17(2,3)13(15(23)25-26-16(24)18(4,5)6)14(22)21(19(7,8)9)20(10,11)12/h13H,1-12H3. The zero-order chi connectivity index (χ0) is 21.3. The first-order valence-corrected chi connectivity index (χ1v) is 8.97. The Bertz CT molecular complexity index is 525. The zero-order valence-corrected chi connectivity index (χ0v) is 18.6. The van der Waals surface area contributed by atoms with Gasteiger partial charge in [0, 0.05) is 11.1 Å². The molecule has 0 aliphatic carbocycles. The van der Waals surface area contributed by atoms with E-state index in [1.165, 1.54) is 0 Å². The quantitative estimate of drug-likeness (QED) is 0.415. The Morgan fingerprint density at radius 2 is 1.08 bits per heavy atom. The fraction of sp³-hybridized carbons (Fsp3) is 0.850. The van der Waals surface area contributed by atoms with Gasteiger partial charge in [0.15, 0.2) is 0 Å². The zero-order valence-electron chi connectivity index (χ0n) is 18.6. The topological polar surface area (TPSA) is 72.9 Å². The number of rotatable bonds is 2. The number of nitrogens with zero attached hydrogens (tertiary/aromatic N) is 1. The summed E-state index contributed by atoms with van der Waals surface area (Å²) < 4.78 is 0. The van der Waals surface area contributed by atoms with Crippen molar-refractivity contribution in [1.29, 1.82) is 0 Å². The lowest BCUT2D eigenvalue weighted by molar-refractivity contribution is -0.270. The Balaban J connectivity index is 5.74. The van der Waals surface area contributed by atoms with Crippen molar-refractivity contribution in [2.45, 2.75) is 94.2 Å². The third kappa shape index (κ3) is 6.61. The van der Waals surface area contributed by atoms with Gasteiger partial charge in [-0.3, -0.25) is 4.79 Å². The van der Waals surface area contributed by atoms with E-state index in [1.54, 1.807) is 46.4 Å². The van der Waals surface area contributed by atoms with Gasteiger partial charge in [0.25, 0.3) is 0 Å². The average Bonchev–Trinajstić information content (AvgIpc) is 2.28. The van der Waals surface area contributed by atoms with Crippen molar-refractivity contribution >= 4 is 17.8 Å². The molecule has 6 nitrogen and oxygen atoms in total. The number of carbonyl (C=O) groups is 3. The van der Waals surface area contributed by atoms with Gasteiger partial charge in [-0.15, -0.1) is 0 Å².